The molecule has 2 atom stereocenters. The van der Waals surface area contributed by atoms with Crippen molar-refractivity contribution in [2.75, 3.05) is 27.1 Å². The highest BCUT2D eigenvalue weighted by molar-refractivity contribution is 5.58. The summed E-state index contributed by atoms with van der Waals surface area (Å²) in [6.07, 6.45) is 1.47. The molecule has 0 fully saturated rings. The average molecular weight is 386 g/mol. The lowest BCUT2D eigenvalue weighted by Gasteiger charge is -2.33. The largest absolute Gasteiger partial charge is 0.382 e. The molecule has 0 unspecified atom stereocenters. The molecule has 0 saturated heterocycles. The second-order valence-corrected chi connectivity index (χ2v) is 6.64. The van der Waals surface area contributed by atoms with Crippen molar-refractivity contribution in [2.24, 2.45) is 0 Å². The third-order valence-corrected chi connectivity index (χ3v) is 4.60. The number of ether oxygens (including phenoxy) is 3. The van der Waals surface area contributed by atoms with Crippen molar-refractivity contribution in [3.05, 3.63) is 71.8 Å². The molecule has 0 N–H and O–H groups in total. The Kier molecular flexibility index (Phi) is 10.5. The van der Waals surface area contributed by atoms with Gasteiger partial charge in [-0.1, -0.05) is 67.6 Å². The maximum atomic E-state index is 12.1. The number of carbonyl (C=O) groups excluding carboxylic acids is 1. The number of rotatable bonds is 14. The highest BCUT2D eigenvalue weighted by Crippen LogP contribution is 2.18. The minimum absolute atomic E-state index is 0.150. The third-order valence-electron chi connectivity index (χ3n) is 4.60. The van der Waals surface area contributed by atoms with Gasteiger partial charge in [0.05, 0.1) is 25.4 Å². The average Bonchev–Trinajstić information content (AvgIpc) is 2.74. The first kappa shape index (κ1) is 22.2. The Morgan fingerprint density at radius 1 is 0.929 bits per heavy atom. The molecule has 152 valence electrons. The molecule has 0 aliphatic rings. The number of hydrogen-bond donors (Lipinski definition) is 0. The quantitative estimate of drug-likeness (QED) is 0.282. The van der Waals surface area contributed by atoms with Crippen LogP contribution in [0.1, 0.15) is 24.5 Å². The molecule has 2 rings (SSSR count). The standard InChI is InChI=1S/C23H31NO4/c1-3-23(28-19-27-15-14-26-2)22(18-25)24(16-20-10-6-4-7-11-20)17-21-12-8-5-9-13-21/h4-13,18,22-23H,3,14-17,19H2,1-2H3/t22-,23-/m0/s1. The molecule has 2 aromatic carbocycles. The zero-order chi connectivity index (χ0) is 20.0. The Hall–Kier alpha value is -2.05. The molecule has 0 aromatic heterocycles. The summed E-state index contributed by atoms with van der Waals surface area (Å²) in [5, 5.41) is 0. The first-order chi connectivity index (χ1) is 13.8. The summed E-state index contributed by atoms with van der Waals surface area (Å²) in [4.78, 5) is 14.2. The van der Waals surface area contributed by atoms with Crippen molar-refractivity contribution in [2.45, 2.75) is 38.6 Å². The summed E-state index contributed by atoms with van der Waals surface area (Å²) in [5.74, 6) is 0. The summed E-state index contributed by atoms with van der Waals surface area (Å²) < 4.78 is 16.3. The Morgan fingerprint density at radius 3 is 1.96 bits per heavy atom. The number of aldehydes is 1. The Labute approximate surface area is 168 Å². The molecule has 0 aliphatic carbocycles. The highest BCUT2D eigenvalue weighted by atomic mass is 16.7. The smallest absolute Gasteiger partial charge is 0.147 e. The van der Waals surface area contributed by atoms with Crippen molar-refractivity contribution in [1.82, 2.24) is 4.90 Å². The van der Waals surface area contributed by atoms with E-state index in [1.54, 1.807) is 7.11 Å². The molecular formula is C23H31NO4. The molecule has 0 heterocycles. The van der Waals surface area contributed by atoms with E-state index < -0.39 is 0 Å². The van der Waals surface area contributed by atoms with E-state index in [2.05, 4.69) is 29.2 Å². The van der Waals surface area contributed by atoms with E-state index in [-0.39, 0.29) is 18.9 Å². The zero-order valence-corrected chi connectivity index (χ0v) is 16.8. The summed E-state index contributed by atoms with van der Waals surface area (Å²) >= 11 is 0. The Balaban J connectivity index is 2.10. The van der Waals surface area contributed by atoms with Crippen molar-refractivity contribution in [3.63, 3.8) is 0 Å². The fraction of sp³-hybridized carbons (Fsp3) is 0.435. The number of nitrogens with zero attached hydrogens (tertiary/aromatic N) is 1. The molecule has 0 bridgehead atoms. The van der Waals surface area contributed by atoms with Gasteiger partial charge in [0.15, 0.2) is 0 Å². The van der Waals surface area contributed by atoms with Gasteiger partial charge >= 0.3 is 0 Å². The van der Waals surface area contributed by atoms with Crippen molar-refractivity contribution in [3.8, 4) is 0 Å². The number of hydrogen-bond acceptors (Lipinski definition) is 5. The van der Waals surface area contributed by atoms with Crippen molar-refractivity contribution in [1.29, 1.82) is 0 Å². The van der Waals surface area contributed by atoms with Gasteiger partial charge in [0.1, 0.15) is 13.1 Å². The van der Waals surface area contributed by atoms with Crippen molar-refractivity contribution < 1.29 is 19.0 Å². The van der Waals surface area contributed by atoms with Crippen LogP contribution in [0.3, 0.4) is 0 Å². The van der Waals surface area contributed by atoms with Crippen LogP contribution in [0.25, 0.3) is 0 Å². The van der Waals surface area contributed by atoms with Gasteiger partial charge in [0.2, 0.25) is 0 Å². The molecule has 0 amide bonds. The molecule has 5 nitrogen and oxygen atoms in total. The number of methoxy groups -OCH3 is 1. The van der Waals surface area contributed by atoms with Gasteiger partial charge in [0, 0.05) is 20.2 Å². The lowest BCUT2D eigenvalue weighted by Crippen LogP contribution is -2.45. The normalized spacial score (nSPS) is 13.4. The number of benzene rings is 2. The molecule has 5 heteroatoms. The SMILES string of the molecule is CC[C@H](OCOCCOC)[C@H](C=O)N(Cc1ccccc1)Cc1ccccc1. The predicted molar refractivity (Wildman–Crippen MR) is 110 cm³/mol. The van der Waals surface area contributed by atoms with Crippen molar-refractivity contribution >= 4 is 6.29 Å². The molecule has 0 radical (unpaired) electrons. The van der Waals surface area contributed by atoms with Gasteiger partial charge in [-0.05, 0) is 17.5 Å². The van der Waals surface area contributed by atoms with Crippen LogP contribution in [0.15, 0.2) is 60.7 Å². The lowest BCUT2D eigenvalue weighted by molar-refractivity contribution is -0.136. The summed E-state index contributed by atoms with van der Waals surface area (Å²) in [6, 6.07) is 20.0. The minimum Gasteiger partial charge on any atom is -0.382 e. The van der Waals surface area contributed by atoms with Crippen LogP contribution in [-0.4, -0.2) is 50.4 Å². The second kappa shape index (κ2) is 13.2. The molecule has 0 saturated carbocycles. The maximum Gasteiger partial charge on any atom is 0.147 e. The van der Waals surface area contributed by atoms with Gasteiger partial charge in [0.25, 0.3) is 0 Å². The molecular weight excluding hydrogens is 354 g/mol. The third kappa shape index (κ3) is 7.52. The molecule has 2 aromatic rings. The summed E-state index contributed by atoms with van der Waals surface area (Å²) in [6.45, 7) is 4.51. The summed E-state index contributed by atoms with van der Waals surface area (Å²) in [5.41, 5.74) is 2.33. The maximum absolute atomic E-state index is 12.1. The van der Waals surface area contributed by atoms with E-state index in [4.69, 9.17) is 14.2 Å². The van der Waals surface area contributed by atoms with Crippen LogP contribution in [0, 0.1) is 0 Å². The number of carbonyl (C=O) groups is 1. The first-order valence-electron chi connectivity index (χ1n) is 9.74. The second-order valence-electron chi connectivity index (χ2n) is 6.64. The van der Waals surface area contributed by atoms with Crippen LogP contribution in [0.4, 0.5) is 0 Å². The van der Waals surface area contributed by atoms with Gasteiger partial charge in [-0.2, -0.15) is 0 Å². The lowest BCUT2D eigenvalue weighted by atomic mass is 10.0. The first-order valence-corrected chi connectivity index (χ1v) is 9.74. The van der Waals surface area contributed by atoms with Crippen LogP contribution in [0.2, 0.25) is 0 Å². The topological polar surface area (TPSA) is 48.0 Å². The predicted octanol–water partition coefficient (Wildman–Crippen LogP) is 3.67. The van der Waals surface area contributed by atoms with Gasteiger partial charge < -0.3 is 19.0 Å². The van der Waals surface area contributed by atoms with E-state index in [1.807, 2.05) is 43.3 Å². The van der Waals surface area contributed by atoms with Gasteiger partial charge in [-0.3, -0.25) is 4.90 Å². The molecule has 0 spiro atoms. The van der Waals surface area contributed by atoms with Crippen LogP contribution in [-0.2, 0) is 32.1 Å². The van der Waals surface area contributed by atoms with Crippen LogP contribution >= 0.6 is 0 Å². The monoisotopic (exact) mass is 385 g/mol. The van der Waals surface area contributed by atoms with E-state index in [9.17, 15) is 4.79 Å². The van der Waals surface area contributed by atoms with Gasteiger partial charge in [-0.25, -0.2) is 0 Å². The van der Waals surface area contributed by atoms with E-state index in [1.165, 1.54) is 0 Å². The summed E-state index contributed by atoms with van der Waals surface area (Å²) in [7, 11) is 1.63. The van der Waals surface area contributed by atoms with E-state index in [0.29, 0.717) is 26.3 Å². The zero-order valence-electron chi connectivity index (χ0n) is 16.8. The molecule has 0 aliphatic heterocycles. The fourth-order valence-electron chi connectivity index (χ4n) is 3.11. The van der Waals surface area contributed by atoms with Gasteiger partial charge in [-0.15, -0.1) is 0 Å². The highest BCUT2D eigenvalue weighted by Gasteiger charge is 2.27. The Bertz CT molecular complexity index is 609. The van der Waals surface area contributed by atoms with Crippen LogP contribution < -0.4 is 0 Å². The molecule has 28 heavy (non-hydrogen) atoms. The fourth-order valence-corrected chi connectivity index (χ4v) is 3.11. The Morgan fingerprint density at radius 2 is 1.50 bits per heavy atom. The minimum atomic E-state index is -0.364. The van der Waals surface area contributed by atoms with Crippen LogP contribution in [0.5, 0.6) is 0 Å². The van der Waals surface area contributed by atoms with E-state index >= 15 is 0 Å². The van der Waals surface area contributed by atoms with E-state index in [0.717, 1.165) is 23.8 Å².